The Morgan fingerprint density at radius 3 is 2.45 bits per heavy atom. The van der Waals surface area contributed by atoms with Gasteiger partial charge in [0.1, 0.15) is 6.61 Å². The first-order valence-corrected chi connectivity index (χ1v) is 7.09. The molecule has 2 N–H and O–H groups in total. The fourth-order valence-corrected chi connectivity index (χ4v) is 1.85. The smallest absolute Gasteiger partial charge is 0.407 e. The van der Waals surface area contributed by atoms with E-state index in [4.69, 9.17) is 9.84 Å². The van der Waals surface area contributed by atoms with Crippen molar-refractivity contribution in [3.05, 3.63) is 77.4 Å². The van der Waals surface area contributed by atoms with Crippen LogP contribution in [0.15, 0.2) is 60.7 Å². The third kappa shape index (κ3) is 5.42. The third-order valence-electron chi connectivity index (χ3n) is 3.05. The molecule has 0 aliphatic rings. The van der Waals surface area contributed by atoms with E-state index in [1.165, 1.54) is 0 Å². The standard InChI is InChI=1S/C18H19NO3/c20-13-16-10-8-15(9-11-16)7-4-12-19-18(21)22-14-17-5-2-1-3-6-17/h1-11,20H,12-14H2,(H,19,21). The number of aliphatic hydroxyl groups is 1. The summed E-state index contributed by atoms with van der Waals surface area (Å²) in [6.07, 6.45) is 3.31. The predicted octanol–water partition coefficient (Wildman–Crippen LogP) is 3.12. The molecule has 0 heterocycles. The average molecular weight is 297 g/mol. The normalized spacial score (nSPS) is 10.6. The van der Waals surface area contributed by atoms with Crippen molar-refractivity contribution < 1.29 is 14.6 Å². The molecule has 2 rings (SSSR count). The lowest BCUT2D eigenvalue weighted by Gasteiger charge is -2.05. The molecule has 0 atom stereocenters. The highest BCUT2D eigenvalue weighted by molar-refractivity contribution is 5.67. The SMILES string of the molecule is O=C(NCC=Cc1ccc(CO)cc1)OCc1ccccc1. The van der Waals surface area contributed by atoms with Crippen molar-refractivity contribution in [1.29, 1.82) is 0 Å². The van der Waals surface area contributed by atoms with Crippen molar-refractivity contribution in [3.8, 4) is 0 Å². The lowest BCUT2D eigenvalue weighted by atomic mass is 10.1. The molecule has 0 saturated heterocycles. The molecule has 22 heavy (non-hydrogen) atoms. The second-order valence-corrected chi connectivity index (χ2v) is 4.74. The van der Waals surface area contributed by atoms with Gasteiger partial charge in [0.15, 0.2) is 0 Å². The maximum absolute atomic E-state index is 11.5. The average Bonchev–Trinajstić information content (AvgIpc) is 2.58. The largest absolute Gasteiger partial charge is 0.445 e. The summed E-state index contributed by atoms with van der Waals surface area (Å²) in [6, 6.07) is 17.1. The fraction of sp³-hybridized carbons (Fsp3) is 0.167. The molecule has 0 aliphatic heterocycles. The minimum atomic E-state index is -0.441. The zero-order valence-electron chi connectivity index (χ0n) is 12.2. The molecule has 0 aromatic heterocycles. The molecule has 0 bridgehead atoms. The molecule has 0 unspecified atom stereocenters. The Morgan fingerprint density at radius 2 is 1.77 bits per heavy atom. The van der Waals surface area contributed by atoms with Crippen LogP contribution in [0.25, 0.3) is 6.08 Å². The molecule has 0 fully saturated rings. The Labute approximate surface area is 130 Å². The number of ether oxygens (including phenoxy) is 1. The van der Waals surface area contributed by atoms with Gasteiger partial charge in [0, 0.05) is 6.54 Å². The Balaban J connectivity index is 1.68. The van der Waals surface area contributed by atoms with E-state index in [-0.39, 0.29) is 13.2 Å². The summed E-state index contributed by atoms with van der Waals surface area (Å²) in [5, 5.41) is 11.6. The first kappa shape index (κ1) is 15.8. The van der Waals surface area contributed by atoms with E-state index in [1.807, 2.05) is 66.7 Å². The maximum Gasteiger partial charge on any atom is 0.407 e. The summed E-state index contributed by atoms with van der Waals surface area (Å²) in [7, 11) is 0. The van der Waals surface area contributed by atoms with Crippen molar-refractivity contribution >= 4 is 12.2 Å². The second-order valence-electron chi connectivity index (χ2n) is 4.74. The number of carbonyl (C=O) groups excluding carboxylic acids is 1. The lowest BCUT2D eigenvalue weighted by molar-refractivity contribution is 0.141. The van der Waals surface area contributed by atoms with E-state index in [0.29, 0.717) is 6.54 Å². The molecule has 4 nitrogen and oxygen atoms in total. The van der Waals surface area contributed by atoms with Gasteiger partial charge in [-0.05, 0) is 16.7 Å². The number of rotatable bonds is 6. The minimum Gasteiger partial charge on any atom is -0.445 e. The number of hydrogen-bond donors (Lipinski definition) is 2. The summed E-state index contributed by atoms with van der Waals surface area (Å²) in [6.45, 7) is 0.702. The van der Waals surface area contributed by atoms with Gasteiger partial charge in [-0.1, -0.05) is 66.7 Å². The molecule has 0 aliphatic carbocycles. The quantitative estimate of drug-likeness (QED) is 0.861. The van der Waals surface area contributed by atoms with E-state index >= 15 is 0 Å². The maximum atomic E-state index is 11.5. The Bertz CT molecular complexity index is 606. The molecule has 4 heteroatoms. The van der Waals surface area contributed by atoms with Crippen LogP contribution in [-0.4, -0.2) is 17.7 Å². The molecule has 0 radical (unpaired) electrons. The van der Waals surface area contributed by atoms with Gasteiger partial charge in [0.2, 0.25) is 0 Å². The van der Waals surface area contributed by atoms with Crippen molar-refractivity contribution in [3.63, 3.8) is 0 Å². The number of nitrogens with one attached hydrogen (secondary N) is 1. The molecule has 0 spiro atoms. The lowest BCUT2D eigenvalue weighted by Crippen LogP contribution is -2.24. The number of aliphatic hydroxyl groups excluding tert-OH is 1. The van der Waals surface area contributed by atoms with E-state index in [2.05, 4.69) is 5.32 Å². The zero-order chi connectivity index (χ0) is 15.6. The van der Waals surface area contributed by atoms with Crippen molar-refractivity contribution in [2.75, 3.05) is 6.54 Å². The highest BCUT2D eigenvalue weighted by Gasteiger charge is 2.00. The van der Waals surface area contributed by atoms with Crippen LogP contribution in [0, 0.1) is 0 Å². The summed E-state index contributed by atoms with van der Waals surface area (Å²) >= 11 is 0. The summed E-state index contributed by atoms with van der Waals surface area (Å²) in [4.78, 5) is 11.5. The van der Waals surface area contributed by atoms with Crippen LogP contribution in [-0.2, 0) is 18.0 Å². The first-order chi connectivity index (χ1) is 10.8. The minimum absolute atomic E-state index is 0.0405. The van der Waals surface area contributed by atoms with E-state index in [0.717, 1.165) is 16.7 Å². The number of benzene rings is 2. The van der Waals surface area contributed by atoms with Crippen molar-refractivity contribution in [2.45, 2.75) is 13.2 Å². The molecular formula is C18H19NO3. The molecule has 0 saturated carbocycles. The van der Waals surface area contributed by atoms with Gasteiger partial charge in [0.05, 0.1) is 6.61 Å². The molecule has 2 aromatic carbocycles. The third-order valence-corrected chi connectivity index (χ3v) is 3.05. The zero-order valence-corrected chi connectivity index (χ0v) is 12.2. The van der Waals surface area contributed by atoms with Crippen LogP contribution in [0.1, 0.15) is 16.7 Å². The predicted molar refractivity (Wildman–Crippen MR) is 86.0 cm³/mol. The summed E-state index contributed by atoms with van der Waals surface area (Å²) < 4.78 is 5.10. The fourth-order valence-electron chi connectivity index (χ4n) is 1.85. The van der Waals surface area contributed by atoms with E-state index in [9.17, 15) is 4.79 Å². The highest BCUT2D eigenvalue weighted by Crippen LogP contribution is 2.05. The van der Waals surface area contributed by atoms with Crippen LogP contribution in [0.4, 0.5) is 4.79 Å². The number of alkyl carbamates (subject to hydrolysis) is 1. The van der Waals surface area contributed by atoms with Gasteiger partial charge in [-0.15, -0.1) is 0 Å². The van der Waals surface area contributed by atoms with Crippen LogP contribution in [0.2, 0.25) is 0 Å². The highest BCUT2D eigenvalue weighted by atomic mass is 16.5. The van der Waals surface area contributed by atoms with Crippen LogP contribution < -0.4 is 5.32 Å². The van der Waals surface area contributed by atoms with Gasteiger partial charge < -0.3 is 15.2 Å². The first-order valence-electron chi connectivity index (χ1n) is 7.09. The summed E-state index contributed by atoms with van der Waals surface area (Å²) in [5.41, 5.74) is 2.84. The topological polar surface area (TPSA) is 58.6 Å². The Kier molecular flexibility index (Phi) is 6.20. The van der Waals surface area contributed by atoms with Gasteiger partial charge in [-0.3, -0.25) is 0 Å². The summed E-state index contributed by atoms with van der Waals surface area (Å²) in [5.74, 6) is 0. The number of hydrogen-bond acceptors (Lipinski definition) is 3. The van der Waals surface area contributed by atoms with Crippen LogP contribution in [0.5, 0.6) is 0 Å². The van der Waals surface area contributed by atoms with Gasteiger partial charge in [0.25, 0.3) is 0 Å². The van der Waals surface area contributed by atoms with Gasteiger partial charge in [-0.25, -0.2) is 4.79 Å². The molecule has 1 amide bonds. The van der Waals surface area contributed by atoms with Crippen molar-refractivity contribution in [2.24, 2.45) is 0 Å². The van der Waals surface area contributed by atoms with Crippen LogP contribution in [0.3, 0.4) is 0 Å². The monoisotopic (exact) mass is 297 g/mol. The van der Waals surface area contributed by atoms with Gasteiger partial charge in [-0.2, -0.15) is 0 Å². The van der Waals surface area contributed by atoms with E-state index in [1.54, 1.807) is 0 Å². The molecule has 114 valence electrons. The Morgan fingerprint density at radius 1 is 1.05 bits per heavy atom. The molecular weight excluding hydrogens is 278 g/mol. The van der Waals surface area contributed by atoms with Crippen molar-refractivity contribution in [1.82, 2.24) is 5.32 Å². The van der Waals surface area contributed by atoms with E-state index < -0.39 is 6.09 Å². The Hall–Kier alpha value is -2.59. The number of carbonyl (C=O) groups is 1. The second kappa shape index (κ2) is 8.64. The molecule has 2 aromatic rings. The van der Waals surface area contributed by atoms with Gasteiger partial charge >= 0.3 is 6.09 Å². The number of amides is 1. The van der Waals surface area contributed by atoms with Crippen LogP contribution >= 0.6 is 0 Å².